The van der Waals surface area contributed by atoms with Crippen LogP contribution >= 0.6 is 0 Å². The maximum absolute atomic E-state index is 10.7. The van der Waals surface area contributed by atoms with Crippen LogP contribution in [-0.2, 0) is 4.79 Å². The van der Waals surface area contributed by atoms with Crippen LogP contribution < -0.4 is 5.32 Å². The summed E-state index contributed by atoms with van der Waals surface area (Å²) < 4.78 is 0. The Morgan fingerprint density at radius 1 is 1.57 bits per heavy atom. The number of carboxylic acid groups (broad SMARTS) is 1. The number of allylic oxidation sites excluding steroid dienone is 2. The van der Waals surface area contributed by atoms with Gasteiger partial charge in [0, 0.05) is 0 Å². The number of carboxylic acids is 1. The third-order valence-electron chi connectivity index (χ3n) is 2.25. The fourth-order valence-electron chi connectivity index (χ4n) is 1.26. The molecule has 0 fully saturated rings. The van der Waals surface area contributed by atoms with Gasteiger partial charge in [0.1, 0.15) is 6.04 Å². The number of rotatable bonds is 6. The smallest absolute Gasteiger partial charge is 0.323 e. The summed E-state index contributed by atoms with van der Waals surface area (Å²) in [6.45, 7) is 3.73. The standard InChI is InChI=1S/C10H19NO3/c1-4-5-6-7(2)9(12)8(11-3)10(13)14/h4-5,7-9,11-12H,6H2,1-3H3,(H,13,14)/b5-4-/t7-,8+,9-/m0/s1. The summed E-state index contributed by atoms with van der Waals surface area (Å²) in [6.07, 6.45) is 3.62. The highest BCUT2D eigenvalue weighted by atomic mass is 16.4. The quantitative estimate of drug-likeness (QED) is 0.551. The molecule has 3 atom stereocenters. The second-order valence-electron chi connectivity index (χ2n) is 3.38. The van der Waals surface area contributed by atoms with Gasteiger partial charge in [0.2, 0.25) is 0 Å². The molecule has 14 heavy (non-hydrogen) atoms. The maximum Gasteiger partial charge on any atom is 0.323 e. The monoisotopic (exact) mass is 201 g/mol. The summed E-state index contributed by atoms with van der Waals surface area (Å²) in [5, 5.41) is 21.1. The van der Waals surface area contributed by atoms with Crippen LogP contribution in [0.4, 0.5) is 0 Å². The Kier molecular flexibility index (Phi) is 6.16. The molecule has 0 aliphatic heterocycles. The Labute approximate surface area is 84.6 Å². The van der Waals surface area contributed by atoms with Gasteiger partial charge in [-0.2, -0.15) is 0 Å². The molecule has 4 nitrogen and oxygen atoms in total. The normalized spacial score (nSPS) is 18.0. The van der Waals surface area contributed by atoms with Crippen LogP contribution in [-0.4, -0.2) is 35.4 Å². The van der Waals surface area contributed by atoms with E-state index in [1.54, 1.807) is 0 Å². The molecule has 0 spiro atoms. The lowest BCUT2D eigenvalue weighted by Crippen LogP contribution is -2.47. The van der Waals surface area contributed by atoms with Crippen molar-refractivity contribution in [3.63, 3.8) is 0 Å². The van der Waals surface area contributed by atoms with Gasteiger partial charge >= 0.3 is 5.97 Å². The maximum atomic E-state index is 10.7. The highest BCUT2D eigenvalue weighted by Gasteiger charge is 2.28. The lowest BCUT2D eigenvalue weighted by molar-refractivity contribution is -0.143. The van der Waals surface area contributed by atoms with E-state index < -0.39 is 18.1 Å². The molecular formula is C10H19NO3. The van der Waals surface area contributed by atoms with Crippen molar-refractivity contribution in [1.29, 1.82) is 0 Å². The Balaban J connectivity index is 4.26. The molecule has 0 aromatic rings. The molecule has 0 unspecified atom stereocenters. The third kappa shape index (κ3) is 3.89. The van der Waals surface area contributed by atoms with E-state index in [-0.39, 0.29) is 5.92 Å². The van der Waals surface area contributed by atoms with Crippen LogP contribution in [0.1, 0.15) is 20.3 Å². The summed E-state index contributed by atoms with van der Waals surface area (Å²) in [5.41, 5.74) is 0. The number of hydrogen-bond acceptors (Lipinski definition) is 3. The van der Waals surface area contributed by atoms with Crippen LogP contribution in [0.25, 0.3) is 0 Å². The van der Waals surface area contributed by atoms with Crippen LogP contribution in [0.3, 0.4) is 0 Å². The topological polar surface area (TPSA) is 69.6 Å². The molecule has 0 amide bonds. The summed E-state index contributed by atoms with van der Waals surface area (Å²) in [6, 6.07) is -0.893. The van der Waals surface area contributed by atoms with Crippen molar-refractivity contribution in [1.82, 2.24) is 5.32 Å². The van der Waals surface area contributed by atoms with Crippen LogP contribution in [0, 0.1) is 5.92 Å². The van der Waals surface area contributed by atoms with E-state index in [4.69, 9.17) is 5.11 Å². The van der Waals surface area contributed by atoms with E-state index in [0.29, 0.717) is 6.42 Å². The number of likely N-dealkylation sites (N-methyl/N-ethyl adjacent to an activating group) is 1. The molecule has 0 aromatic carbocycles. The van der Waals surface area contributed by atoms with E-state index in [9.17, 15) is 9.90 Å². The molecule has 0 radical (unpaired) electrons. The molecular weight excluding hydrogens is 182 g/mol. The molecule has 0 rings (SSSR count). The van der Waals surface area contributed by atoms with E-state index in [1.165, 1.54) is 7.05 Å². The number of carbonyl (C=O) groups is 1. The van der Waals surface area contributed by atoms with E-state index in [0.717, 1.165) is 0 Å². The van der Waals surface area contributed by atoms with E-state index in [1.807, 2.05) is 26.0 Å². The molecule has 0 bridgehead atoms. The fraction of sp³-hybridized carbons (Fsp3) is 0.700. The zero-order chi connectivity index (χ0) is 11.1. The van der Waals surface area contributed by atoms with Crippen molar-refractivity contribution in [2.45, 2.75) is 32.4 Å². The Hall–Kier alpha value is -0.870. The number of hydrogen-bond donors (Lipinski definition) is 3. The van der Waals surface area contributed by atoms with Crippen LogP contribution in [0.2, 0.25) is 0 Å². The van der Waals surface area contributed by atoms with Gasteiger partial charge in [0.15, 0.2) is 0 Å². The molecule has 0 aliphatic rings. The first-order valence-electron chi connectivity index (χ1n) is 4.73. The SMILES string of the molecule is C/C=C\C[C@H](C)[C@H](O)[C@@H](NC)C(=O)O. The molecule has 0 saturated heterocycles. The largest absolute Gasteiger partial charge is 0.480 e. The summed E-state index contributed by atoms with van der Waals surface area (Å²) >= 11 is 0. The van der Waals surface area contributed by atoms with Crippen molar-refractivity contribution in [2.24, 2.45) is 5.92 Å². The zero-order valence-electron chi connectivity index (χ0n) is 8.90. The van der Waals surface area contributed by atoms with E-state index >= 15 is 0 Å². The predicted octanol–water partition coefficient (Wildman–Crippen LogP) is 0.622. The fourth-order valence-corrected chi connectivity index (χ4v) is 1.26. The average Bonchev–Trinajstić information content (AvgIpc) is 2.14. The highest BCUT2D eigenvalue weighted by Crippen LogP contribution is 2.12. The van der Waals surface area contributed by atoms with Crippen molar-refractivity contribution in [3.05, 3.63) is 12.2 Å². The summed E-state index contributed by atoms with van der Waals surface area (Å²) in [5.74, 6) is -1.09. The lowest BCUT2D eigenvalue weighted by atomic mass is 9.95. The van der Waals surface area contributed by atoms with Gasteiger partial charge in [-0.3, -0.25) is 4.79 Å². The molecule has 0 saturated carbocycles. The van der Waals surface area contributed by atoms with Crippen LogP contribution in [0.5, 0.6) is 0 Å². The zero-order valence-corrected chi connectivity index (χ0v) is 8.90. The van der Waals surface area contributed by atoms with Gasteiger partial charge < -0.3 is 15.5 Å². The Morgan fingerprint density at radius 2 is 2.14 bits per heavy atom. The number of aliphatic carboxylic acids is 1. The first kappa shape index (κ1) is 13.1. The minimum Gasteiger partial charge on any atom is -0.480 e. The van der Waals surface area contributed by atoms with Gasteiger partial charge in [0.05, 0.1) is 6.10 Å². The highest BCUT2D eigenvalue weighted by molar-refractivity contribution is 5.74. The van der Waals surface area contributed by atoms with Crippen molar-refractivity contribution in [3.8, 4) is 0 Å². The average molecular weight is 201 g/mol. The number of aliphatic hydroxyl groups excluding tert-OH is 1. The number of nitrogens with one attached hydrogen (secondary N) is 1. The van der Waals surface area contributed by atoms with Gasteiger partial charge in [0.25, 0.3) is 0 Å². The molecule has 0 aliphatic carbocycles. The van der Waals surface area contributed by atoms with Gasteiger partial charge in [-0.1, -0.05) is 19.1 Å². The minimum atomic E-state index is -1.02. The molecule has 82 valence electrons. The van der Waals surface area contributed by atoms with Gasteiger partial charge in [-0.25, -0.2) is 0 Å². The third-order valence-corrected chi connectivity index (χ3v) is 2.25. The molecule has 3 N–H and O–H groups in total. The molecule has 0 aromatic heterocycles. The van der Waals surface area contributed by atoms with Gasteiger partial charge in [-0.05, 0) is 26.3 Å². The first-order chi connectivity index (χ1) is 6.54. The second kappa shape index (κ2) is 6.56. The summed E-state index contributed by atoms with van der Waals surface area (Å²) in [7, 11) is 1.53. The first-order valence-corrected chi connectivity index (χ1v) is 4.73. The Bertz CT molecular complexity index is 204. The second-order valence-corrected chi connectivity index (χ2v) is 3.38. The molecule has 4 heteroatoms. The van der Waals surface area contributed by atoms with Crippen molar-refractivity contribution >= 4 is 5.97 Å². The van der Waals surface area contributed by atoms with Crippen molar-refractivity contribution in [2.75, 3.05) is 7.05 Å². The van der Waals surface area contributed by atoms with Crippen LogP contribution in [0.15, 0.2) is 12.2 Å². The molecule has 0 heterocycles. The van der Waals surface area contributed by atoms with Gasteiger partial charge in [-0.15, -0.1) is 0 Å². The lowest BCUT2D eigenvalue weighted by Gasteiger charge is -2.23. The number of aliphatic hydroxyl groups is 1. The summed E-state index contributed by atoms with van der Waals surface area (Å²) in [4.78, 5) is 10.7. The minimum absolute atomic E-state index is 0.0697. The Morgan fingerprint density at radius 3 is 2.50 bits per heavy atom. The van der Waals surface area contributed by atoms with Crippen molar-refractivity contribution < 1.29 is 15.0 Å². The van der Waals surface area contributed by atoms with E-state index in [2.05, 4.69) is 5.32 Å². The predicted molar refractivity (Wildman–Crippen MR) is 55.1 cm³/mol.